The molecule has 1 heterocycles. The number of aromatic nitrogens is 2. The van der Waals surface area contributed by atoms with Crippen molar-refractivity contribution >= 4 is 23.4 Å². The van der Waals surface area contributed by atoms with Crippen LogP contribution in [0.4, 0.5) is 10.1 Å². The maximum Gasteiger partial charge on any atom is 0.277 e. The Morgan fingerprint density at radius 2 is 2.04 bits per heavy atom. The summed E-state index contributed by atoms with van der Waals surface area (Å²) in [4.78, 5) is 12.2. The molecule has 7 nitrogen and oxygen atoms in total. The van der Waals surface area contributed by atoms with Crippen LogP contribution in [-0.2, 0) is 4.79 Å². The molecule has 0 saturated carbocycles. The molecule has 0 saturated heterocycles. The summed E-state index contributed by atoms with van der Waals surface area (Å²) < 4.78 is 29.1. The molecule has 0 bridgehead atoms. The van der Waals surface area contributed by atoms with Crippen molar-refractivity contribution in [1.29, 1.82) is 0 Å². The average molecular weight is 389 g/mol. The predicted octanol–water partition coefficient (Wildman–Crippen LogP) is 3.62. The summed E-state index contributed by atoms with van der Waals surface area (Å²) in [6.07, 6.45) is 0. The van der Waals surface area contributed by atoms with E-state index in [4.69, 9.17) is 13.9 Å². The molecule has 140 valence electrons. The van der Waals surface area contributed by atoms with E-state index in [1.165, 1.54) is 26.4 Å². The maximum absolute atomic E-state index is 13.3. The van der Waals surface area contributed by atoms with Gasteiger partial charge in [-0.05, 0) is 30.3 Å². The first-order chi connectivity index (χ1) is 13.1. The second-order valence-electron chi connectivity index (χ2n) is 5.29. The fraction of sp³-hybridized carbons (Fsp3) is 0.167. The molecule has 9 heteroatoms. The summed E-state index contributed by atoms with van der Waals surface area (Å²) in [5.74, 6) is 0.664. The van der Waals surface area contributed by atoms with Gasteiger partial charge in [0.15, 0.2) is 0 Å². The van der Waals surface area contributed by atoms with Gasteiger partial charge in [0.2, 0.25) is 11.8 Å². The second kappa shape index (κ2) is 8.54. The molecule has 27 heavy (non-hydrogen) atoms. The number of carbonyl (C=O) groups is 1. The van der Waals surface area contributed by atoms with E-state index in [2.05, 4.69) is 15.5 Å². The van der Waals surface area contributed by atoms with Gasteiger partial charge in [0.25, 0.3) is 5.22 Å². The molecule has 1 amide bonds. The number of thioether (sulfide) groups is 1. The molecular weight excluding hydrogens is 373 g/mol. The Balaban J connectivity index is 1.62. The van der Waals surface area contributed by atoms with Crippen LogP contribution in [0.2, 0.25) is 0 Å². The van der Waals surface area contributed by atoms with Crippen LogP contribution < -0.4 is 14.8 Å². The number of ether oxygens (including phenoxy) is 2. The lowest BCUT2D eigenvalue weighted by molar-refractivity contribution is -0.113. The van der Waals surface area contributed by atoms with Gasteiger partial charge in [0.1, 0.15) is 17.3 Å². The number of hydrogen-bond donors (Lipinski definition) is 1. The highest BCUT2D eigenvalue weighted by Gasteiger charge is 2.13. The third-order valence-electron chi connectivity index (χ3n) is 3.49. The summed E-state index contributed by atoms with van der Waals surface area (Å²) >= 11 is 1.07. The molecule has 3 aromatic rings. The van der Waals surface area contributed by atoms with Crippen LogP contribution in [0.25, 0.3) is 11.5 Å². The smallest absolute Gasteiger partial charge is 0.277 e. The van der Waals surface area contributed by atoms with E-state index >= 15 is 0 Å². The van der Waals surface area contributed by atoms with E-state index in [-0.39, 0.29) is 22.8 Å². The number of rotatable bonds is 7. The molecule has 0 aliphatic carbocycles. The topological polar surface area (TPSA) is 86.5 Å². The highest BCUT2D eigenvalue weighted by Crippen LogP contribution is 2.29. The second-order valence-corrected chi connectivity index (χ2v) is 6.21. The van der Waals surface area contributed by atoms with E-state index in [1.54, 1.807) is 30.3 Å². The van der Waals surface area contributed by atoms with Gasteiger partial charge < -0.3 is 19.2 Å². The van der Waals surface area contributed by atoms with Crippen LogP contribution in [-0.4, -0.2) is 36.1 Å². The first kappa shape index (κ1) is 18.7. The number of amides is 1. The fourth-order valence-electron chi connectivity index (χ4n) is 2.23. The Kier molecular flexibility index (Phi) is 5.92. The van der Waals surface area contributed by atoms with E-state index < -0.39 is 5.82 Å². The quantitative estimate of drug-likeness (QED) is 0.618. The molecule has 1 N–H and O–H groups in total. The minimum atomic E-state index is -0.397. The van der Waals surface area contributed by atoms with Crippen molar-refractivity contribution in [1.82, 2.24) is 10.2 Å². The Labute approximate surface area is 158 Å². The number of benzene rings is 2. The molecule has 0 fully saturated rings. The average Bonchev–Trinajstić information content (AvgIpc) is 3.15. The van der Waals surface area contributed by atoms with Gasteiger partial charge in [0, 0.05) is 11.6 Å². The van der Waals surface area contributed by atoms with Crippen LogP contribution in [0.15, 0.2) is 52.1 Å². The van der Waals surface area contributed by atoms with Crippen molar-refractivity contribution in [2.45, 2.75) is 5.22 Å². The van der Waals surface area contributed by atoms with Gasteiger partial charge in [-0.15, -0.1) is 10.2 Å². The molecule has 0 aliphatic heterocycles. The van der Waals surface area contributed by atoms with Crippen LogP contribution >= 0.6 is 11.8 Å². The van der Waals surface area contributed by atoms with E-state index in [0.29, 0.717) is 22.7 Å². The van der Waals surface area contributed by atoms with E-state index in [9.17, 15) is 9.18 Å². The summed E-state index contributed by atoms with van der Waals surface area (Å²) in [5.41, 5.74) is 0.966. The third-order valence-corrected chi connectivity index (χ3v) is 4.30. The lowest BCUT2D eigenvalue weighted by Crippen LogP contribution is -2.14. The molecule has 2 aromatic carbocycles. The standard InChI is InChI=1S/C18H16FN3O4S/c1-24-13-6-7-15(25-2)14(9-13)20-16(23)10-27-18-22-21-17(26-18)11-4-3-5-12(19)8-11/h3-9H,10H2,1-2H3,(H,20,23). The molecule has 0 aliphatic rings. The van der Waals surface area contributed by atoms with Crippen LogP contribution in [0.1, 0.15) is 0 Å². The van der Waals surface area contributed by atoms with Crippen molar-refractivity contribution < 1.29 is 23.1 Å². The number of nitrogens with one attached hydrogen (secondary N) is 1. The largest absolute Gasteiger partial charge is 0.497 e. The van der Waals surface area contributed by atoms with Crippen molar-refractivity contribution in [3.05, 3.63) is 48.3 Å². The van der Waals surface area contributed by atoms with Gasteiger partial charge >= 0.3 is 0 Å². The molecule has 0 radical (unpaired) electrons. The Morgan fingerprint density at radius 1 is 1.19 bits per heavy atom. The third kappa shape index (κ3) is 4.76. The molecule has 0 unspecified atom stereocenters. The minimum absolute atomic E-state index is 0.0468. The first-order valence-corrected chi connectivity index (χ1v) is 8.81. The number of nitrogens with zero attached hydrogens (tertiary/aromatic N) is 2. The van der Waals surface area contributed by atoms with Gasteiger partial charge in [-0.1, -0.05) is 17.8 Å². The predicted molar refractivity (Wildman–Crippen MR) is 98.6 cm³/mol. The Morgan fingerprint density at radius 3 is 2.78 bits per heavy atom. The summed E-state index contributed by atoms with van der Waals surface area (Å²) in [5, 5.41) is 10.7. The number of halogens is 1. The molecule has 1 aromatic heterocycles. The molecular formula is C18H16FN3O4S. The lowest BCUT2D eigenvalue weighted by atomic mass is 10.2. The van der Waals surface area contributed by atoms with Gasteiger partial charge in [-0.25, -0.2) is 4.39 Å². The van der Waals surface area contributed by atoms with E-state index in [1.807, 2.05) is 0 Å². The SMILES string of the molecule is COc1ccc(OC)c(NC(=O)CSc2nnc(-c3cccc(F)c3)o2)c1. The minimum Gasteiger partial charge on any atom is -0.497 e. The normalized spacial score (nSPS) is 10.5. The Hall–Kier alpha value is -3.07. The van der Waals surface area contributed by atoms with Gasteiger partial charge in [0.05, 0.1) is 25.7 Å². The summed E-state index contributed by atoms with van der Waals surface area (Å²) in [7, 11) is 3.05. The molecule has 0 spiro atoms. The zero-order valence-electron chi connectivity index (χ0n) is 14.6. The summed E-state index contributed by atoms with van der Waals surface area (Å²) in [6, 6.07) is 10.9. The number of anilines is 1. The monoisotopic (exact) mass is 389 g/mol. The number of methoxy groups -OCH3 is 2. The fourth-order valence-corrected chi connectivity index (χ4v) is 2.79. The van der Waals surface area contributed by atoms with Gasteiger partial charge in [-0.2, -0.15) is 0 Å². The van der Waals surface area contributed by atoms with Crippen LogP contribution in [0, 0.1) is 5.82 Å². The highest BCUT2D eigenvalue weighted by atomic mass is 32.2. The zero-order valence-corrected chi connectivity index (χ0v) is 15.4. The number of carbonyl (C=O) groups excluding carboxylic acids is 1. The van der Waals surface area contributed by atoms with Crippen molar-refractivity contribution in [2.24, 2.45) is 0 Å². The van der Waals surface area contributed by atoms with Crippen molar-refractivity contribution in [3.63, 3.8) is 0 Å². The van der Waals surface area contributed by atoms with Crippen LogP contribution in [0.5, 0.6) is 11.5 Å². The van der Waals surface area contributed by atoms with Crippen molar-refractivity contribution in [2.75, 3.05) is 25.3 Å². The summed E-state index contributed by atoms with van der Waals surface area (Å²) in [6.45, 7) is 0. The lowest BCUT2D eigenvalue weighted by Gasteiger charge is -2.11. The molecule has 3 rings (SSSR count). The van der Waals surface area contributed by atoms with Gasteiger partial charge in [-0.3, -0.25) is 4.79 Å². The highest BCUT2D eigenvalue weighted by molar-refractivity contribution is 7.99. The Bertz CT molecular complexity index is 948. The first-order valence-electron chi connectivity index (χ1n) is 7.83. The number of hydrogen-bond acceptors (Lipinski definition) is 7. The van der Waals surface area contributed by atoms with Crippen molar-refractivity contribution in [3.8, 4) is 23.0 Å². The zero-order chi connectivity index (χ0) is 19.2. The van der Waals surface area contributed by atoms with Crippen LogP contribution in [0.3, 0.4) is 0 Å². The maximum atomic E-state index is 13.3. The van der Waals surface area contributed by atoms with E-state index in [0.717, 1.165) is 11.8 Å². The molecule has 0 atom stereocenters.